The molecular formula is C20H25F3N4O3. The van der Waals surface area contributed by atoms with E-state index in [1.165, 1.54) is 20.4 Å². The number of anilines is 1. The number of rotatable bonds is 6. The van der Waals surface area contributed by atoms with Gasteiger partial charge in [0, 0.05) is 19.5 Å². The Labute approximate surface area is 172 Å². The second-order valence-corrected chi connectivity index (χ2v) is 6.93. The Hall–Kier alpha value is -2.91. The zero-order valence-corrected chi connectivity index (χ0v) is 17.3. The molecule has 2 heterocycles. The van der Waals surface area contributed by atoms with Crippen LogP contribution in [-0.2, 0) is 0 Å². The van der Waals surface area contributed by atoms with Crippen LogP contribution in [0.2, 0.25) is 0 Å². The first-order valence-corrected chi connectivity index (χ1v) is 9.67. The van der Waals surface area contributed by atoms with Crippen molar-refractivity contribution in [3.63, 3.8) is 0 Å². The van der Waals surface area contributed by atoms with Gasteiger partial charge in [-0.1, -0.05) is 6.07 Å². The summed E-state index contributed by atoms with van der Waals surface area (Å²) in [7, 11) is 2.95. The number of hydrogen-bond donors (Lipinski definition) is 1. The molecule has 1 aliphatic heterocycles. The van der Waals surface area contributed by atoms with E-state index < -0.39 is 18.3 Å². The average molecular weight is 426 g/mol. The fraction of sp³-hybridized carbons (Fsp3) is 0.500. The number of amides is 1. The van der Waals surface area contributed by atoms with Crippen molar-refractivity contribution < 1.29 is 27.4 Å². The molecule has 164 valence electrons. The SMILES string of the molecule is CCN(CC)C(=O)c1cnn2c1N[C@H](c1ccc(OC)c(OC)c1)C[C@H]2C(F)(F)F. The third kappa shape index (κ3) is 3.90. The van der Waals surface area contributed by atoms with Gasteiger partial charge in [-0.25, -0.2) is 4.68 Å². The van der Waals surface area contributed by atoms with Gasteiger partial charge in [-0.2, -0.15) is 18.3 Å². The number of carbonyl (C=O) groups excluding carboxylic acids is 1. The highest BCUT2D eigenvalue weighted by Crippen LogP contribution is 2.45. The number of carbonyl (C=O) groups is 1. The highest BCUT2D eigenvalue weighted by Gasteiger charge is 2.47. The quantitative estimate of drug-likeness (QED) is 0.755. The summed E-state index contributed by atoms with van der Waals surface area (Å²) in [6.07, 6.45) is -3.58. The van der Waals surface area contributed by atoms with Gasteiger partial charge in [-0.05, 0) is 31.5 Å². The lowest BCUT2D eigenvalue weighted by Crippen LogP contribution is -2.37. The van der Waals surface area contributed by atoms with Crippen molar-refractivity contribution in [1.82, 2.24) is 14.7 Å². The minimum Gasteiger partial charge on any atom is -0.493 e. The molecule has 1 amide bonds. The van der Waals surface area contributed by atoms with Crippen LogP contribution in [0.5, 0.6) is 11.5 Å². The molecular weight excluding hydrogens is 401 g/mol. The number of ether oxygens (including phenoxy) is 2. The van der Waals surface area contributed by atoms with Crippen LogP contribution < -0.4 is 14.8 Å². The molecule has 0 saturated heterocycles. The van der Waals surface area contributed by atoms with Crippen molar-refractivity contribution >= 4 is 11.7 Å². The van der Waals surface area contributed by atoms with E-state index in [0.29, 0.717) is 30.2 Å². The van der Waals surface area contributed by atoms with Gasteiger partial charge in [0.1, 0.15) is 11.4 Å². The normalized spacial score (nSPS) is 18.4. The molecule has 0 spiro atoms. The number of aromatic nitrogens is 2. The molecule has 1 aromatic carbocycles. The smallest absolute Gasteiger partial charge is 0.410 e. The molecule has 10 heteroatoms. The van der Waals surface area contributed by atoms with Crippen LogP contribution in [-0.4, -0.2) is 54.1 Å². The fourth-order valence-electron chi connectivity index (χ4n) is 3.69. The van der Waals surface area contributed by atoms with Crippen molar-refractivity contribution in [2.45, 2.75) is 38.5 Å². The number of halogens is 3. The number of fused-ring (bicyclic) bond motifs is 1. The van der Waals surface area contributed by atoms with Crippen molar-refractivity contribution in [1.29, 1.82) is 0 Å². The maximum atomic E-state index is 13.8. The van der Waals surface area contributed by atoms with E-state index in [0.717, 1.165) is 4.68 Å². The van der Waals surface area contributed by atoms with Gasteiger partial charge < -0.3 is 19.7 Å². The van der Waals surface area contributed by atoms with Crippen molar-refractivity contribution in [2.75, 3.05) is 32.6 Å². The number of alkyl halides is 3. The molecule has 30 heavy (non-hydrogen) atoms. The Morgan fingerprint density at radius 3 is 2.47 bits per heavy atom. The Balaban J connectivity index is 2.05. The van der Waals surface area contributed by atoms with E-state index in [-0.39, 0.29) is 23.7 Å². The molecule has 2 atom stereocenters. The second kappa shape index (κ2) is 8.45. The molecule has 0 aliphatic carbocycles. The average Bonchev–Trinajstić information content (AvgIpc) is 3.16. The summed E-state index contributed by atoms with van der Waals surface area (Å²) in [5.74, 6) is 0.605. The molecule has 0 radical (unpaired) electrons. The van der Waals surface area contributed by atoms with Gasteiger partial charge in [-0.15, -0.1) is 0 Å². The Morgan fingerprint density at radius 1 is 1.23 bits per heavy atom. The van der Waals surface area contributed by atoms with Gasteiger partial charge in [0.25, 0.3) is 5.91 Å². The van der Waals surface area contributed by atoms with E-state index in [1.54, 1.807) is 23.1 Å². The van der Waals surface area contributed by atoms with E-state index >= 15 is 0 Å². The third-order valence-corrected chi connectivity index (χ3v) is 5.33. The molecule has 0 fully saturated rings. The Bertz CT molecular complexity index is 909. The minimum atomic E-state index is -4.52. The first-order chi connectivity index (χ1) is 14.2. The summed E-state index contributed by atoms with van der Waals surface area (Å²) in [5, 5.41) is 7.00. The van der Waals surface area contributed by atoms with Crippen LogP contribution in [0.3, 0.4) is 0 Å². The predicted octanol–water partition coefficient (Wildman–Crippen LogP) is 4.04. The summed E-state index contributed by atoms with van der Waals surface area (Å²) in [6, 6.07) is 2.42. The van der Waals surface area contributed by atoms with E-state index in [2.05, 4.69) is 10.4 Å². The summed E-state index contributed by atoms with van der Waals surface area (Å²) in [6.45, 7) is 4.52. The number of benzene rings is 1. The zero-order chi connectivity index (χ0) is 22.1. The molecule has 3 rings (SSSR count). The van der Waals surface area contributed by atoms with E-state index in [9.17, 15) is 18.0 Å². The molecule has 1 aromatic heterocycles. The summed E-state index contributed by atoms with van der Waals surface area (Å²) in [4.78, 5) is 14.4. The molecule has 0 unspecified atom stereocenters. The molecule has 2 aromatic rings. The fourth-order valence-corrected chi connectivity index (χ4v) is 3.69. The van der Waals surface area contributed by atoms with Crippen LogP contribution in [0.1, 0.15) is 48.3 Å². The molecule has 0 saturated carbocycles. The molecule has 0 bridgehead atoms. The number of nitrogens with one attached hydrogen (secondary N) is 1. The van der Waals surface area contributed by atoms with E-state index in [1.807, 2.05) is 13.8 Å². The summed E-state index contributed by atoms with van der Waals surface area (Å²) < 4.78 is 52.9. The number of nitrogens with zero attached hydrogens (tertiary/aromatic N) is 3. The Kier molecular flexibility index (Phi) is 6.14. The van der Waals surface area contributed by atoms with Gasteiger partial charge >= 0.3 is 6.18 Å². The second-order valence-electron chi connectivity index (χ2n) is 6.93. The van der Waals surface area contributed by atoms with Crippen LogP contribution in [0.15, 0.2) is 24.4 Å². The molecule has 1 aliphatic rings. The van der Waals surface area contributed by atoms with E-state index in [4.69, 9.17) is 9.47 Å². The van der Waals surface area contributed by atoms with Crippen molar-refractivity contribution in [2.24, 2.45) is 0 Å². The first kappa shape index (κ1) is 21.8. The molecule has 1 N–H and O–H groups in total. The van der Waals surface area contributed by atoms with Gasteiger partial charge in [0.05, 0.1) is 26.5 Å². The topological polar surface area (TPSA) is 68.6 Å². The van der Waals surface area contributed by atoms with Gasteiger partial charge in [0.2, 0.25) is 0 Å². The van der Waals surface area contributed by atoms with Gasteiger partial charge in [0.15, 0.2) is 17.5 Å². The predicted molar refractivity (Wildman–Crippen MR) is 105 cm³/mol. The van der Waals surface area contributed by atoms with Gasteiger partial charge in [-0.3, -0.25) is 4.79 Å². The maximum absolute atomic E-state index is 13.8. The summed E-state index contributed by atoms with van der Waals surface area (Å²) >= 11 is 0. The van der Waals surface area contributed by atoms with Crippen LogP contribution in [0.25, 0.3) is 0 Å². The minimum absolute atomic E-state index is 0.0697. The van der Waals surface area contributed by atoms with Crippen molar-refractivity contribution in [3.8, 4) is 11.5 Å². The van der Waals surface area contributed by atoms with Crippen molar-refractivity contribution in [3.05, 3.63) is 35.5 Å². The van der Waals surface area contributed by atoms with Crippen LogP contribution in [0.4, 0.5) is 19.0 Å². The largest absolute Gasteiger partial charge is 0.493 e. The van der Waals surface area contributed by atoms with Crippen LogP contribution >= 0.6 is 0 Å². The van der Waals surface area contributed by atoms with Crippen LogP contribution in [0, 0.1) is 0 Å². The lowest BCUT2D eigenvalue weighted by atomic mass is 9.96. The zero-order valence-electron chi connectivity index (χ0n) is 17.3. The molecule has 7 nitrogen and oxygen atoms in total. The summed E-state index contributed by atoms with van der Waals surface area (Å²) in [5.41, 5.74) is 0.716. The lowest BCUT2D eigenvalue weighted by Gasteiger charge is -2.34. The number of methoxy groups -OCH3 is 2. The lowest BCUT2D eigenvalue weighted by molar-refractivity contribution is -0.173. The highest BCUT2D eigenvalue weighted by molar-refractivity contribution is 5.99. The first-order valence-electron chi connectivity index (χ1n) is 9.67. The standard InChI is InChI=1S/C20H25F3N4O3/c1-5-26(6-2)19(28)13-11-24-27-17(20(21,22)23)10-14(25-18(13)27)12-7-8-15(29-3)16(9-12)30-4/h7-9,11,14,17,25H,5-6,10H2,1-4H3/t14-,17-/m0/s1. The number of hydrogen-bond acceptors (Lipinski definition) is 5. The maximum Gasteiger partial charge on any atom is 0.410 e. The Morgan fingerprint density at radius 2 is 1.90 bits per heavy atom. The third-order valence-electron chi connectivity index (χ3n) is 5.33. The monoisotopic (exact) mass is 426 g/mol. The highest BCUT2D eigenvalue weighted by atomic mass is 19.4.